The average molecular weight is 451 g/mol. The number of carbonyl (C=O) groups is 1. The van der Waals surface area contributed by atoms with Crippen LogP contribution < -0.4 is 5.32 Å². The number of rotatable bonds is 2. The van der Waals surface area contributed by atoms with Gasteiger partial charge in [-0.3, -0.25) is 4.79 Å². The molecule has 3 rings (SSSR count). The molecular weight excluding hydrogens is 441 g/mol. The number of hydrogen-bond acceptors (Lipinski definition) is 2. The molecule has 0 saturated carbocycles. The summed E-state index contributed by atoms with van der Waals surface area (Å²) >= 11 is 1.90. The van der Waals surface area contributed by atoms with E-state index in [4.69, 9.17) is 0 Å². The van der Waals surface area contributed by atoms with Crippen LogP contribution in [0, 0.1) is 3.57 Å². The minimum Gasteiger partial charge on any atom is -0.372 e. The largest absolute Gasteiger partial charge is 0.416 e. The van der Waals surface area contributed by atoms with Gasteiger partial charge in [-0.15, -0.1) is 0 Å². The molecule has 2 aromatic rings. The summed E-state index contributed by atoms with van der Waals surface area (Å²) in [6.45, 7) is -1.02. The lowest BCUT2D eigenvalue weighted by Gasteiger charge is -2.26. The Morgan fingerprint density at radius 2 is 1.88 bits per heavy atom. The highest BCUT2D eigenvalue weighted by molar-refractivity contribution is 14.1. The van der Waals surface area contributed by atoms with E-state index in [-0.39, 0.29) is 16.8 Å². The molecule has 1 unspecified atom stereocenters. The molecule has 0 saturated heterocycles. The molecule has 0 aliphatic carbocycles. The highest BCUT2D eigenvalue weighted by Crippen LogP contribution is 2.47. The Hall–Kier alpha value is -1.68. The summed E-state index contributed by atoms with van der Waals surface area (Å²) in [4.78, 5) is 12.4. The number of fused-ring (bicyclic) bond motifs is 1. The molecule has 2 N–H and O–H groups in total. The van der Waals surface area contributed by atoms with E-state index in [1.54, 1.807) is 0 Å². The summed E-state index contributed by atoms with van der Waals surface area (Å²) < 4.78 is 53.9. The van der Waals surface area contributed by atoms with E-state index in [2.05, 4.69) is 5.32 Å². The van der Waals surface area contributed by atoms with Gasteiger partial charge >= 0.3 is 6.18 Å². The van der Waals surface area contributed by atoms with Gasteiger partial charge in [0.05, 0.1) is 5.56 Å². The highest BCUT2D eigenvalue weighted by Gasteiger charge is 2.52. The van der Waals surface area contributed by atoms with Crippen molar-refractivity contribution in [3.8, 4) is 0 Å². The first-order valence-corrected chi connectivity index (χ1v) is 7.87. The number of benzene rings is 2. The van der Waals surface area contributed by atoms with Crippen molar-refractivity contribution in [2.45, 2.75) is 18.5 Å². The molecule has 3 nitrogen and oxygen atoms in total. The Balaban J connectivity index is 2.34. The van der Waals surface area contributed by atoms with Crippen molar-refractivity contribution in [2.24, 2.45) is 0 Å². The second-order valence-electron chi connectivity index (χ2n) is 5.33. The summed E-state index contributed by atoms with van der Waals surface area (Å²) in [5.41, 5.74) is -4.46. The fourth-order valence-corrected chi connectivity index (χ4v) is 3.61. The van der Waals surface area contributed by atoms with E-state index in [1.807, 2.05) is 22.6 Å². The minimum absolute atomic E-state index is 0.0327. The van der Waals surface area contributed by atoms with E-state index < -0.39 is 35.5 Å². The Morgan fingerprint density at radius 1 is 1.21 bits per heavy atom. The molecule has 1 heterocycles. The molecule has 0 bridgehead atoms. The molecule has 8 heteroatoms. The summed E-state index contributed by atoms with van der Waals surface area (Å²) in [5, 5.41) is 13.3. The fourth-order valence-electron chi connectivity index (χ4n) is 2.92. The van der Waals surface area contributed by atoms with Crippen molar-refractivity contribution in [1.29, 1.82) is 0 Å². The lowest BCUT2D eigenvalue weighted by molar-refractivity contribution is -0.142. The summed E-state index contributed by atoms with van der Waals surface area (Å²) in [7, 11) is 0. The molecule has 1 amide bonds. The van der Waals surface area contributed by atoms with Crippen molar-refractivity contribution >= 4 is 34.2 Å². The first-order chi connectivity index (χ1) is 11.2. The van der Waals surface area contributed by atoms with Gasteiger partial charge in [-0.25, -0.2) is 4.39 Å². The minimum atomic E-state index is -4.77. The number of halogens is 5. The Kier molecular flexibility index (Phi) is 4.07. The number of alkyl halides is 4. The number of amides is 1. The number of anilines is 1. The van der Waals surface area contributed by atoms with Gasteiger partial charge in [-0.1, -0.05) is 18.2 Å². The van der Waals surface area contributed by atoms with E-state index in [0.29, 0.717) is 3.57 Å². The van der Waals surface area contributed by atoms with Crippen LogP contribution in [0.3, 0.4) is 0 Å². The van der Waals surface area contributed by atoms with Gasteiger partial charge in [0, 0.05) is 20.4 Å². The molecular formula is C16H10F4INO2. The molecule has 0 spiro atoms. The second-order valence-corrected chi connectivity index (χ2v) is 6.57. The smallest absolute Gasteiger partial charge is 0.372 e. The SMILES string of the molecule is O=C1Nc2cc(I)cc(CF)c2C1(O)c1ccccc1C(F)(F)F. The number of nitrogens with one attached hydrogen (secondary N) is 1. The maximum Gasteiger partial charge on any atom is 0.416 e. The Bertz CT molecular complexity index is 837. The molecule has 0 fully saturated rings. The van der Waals surface area contributed by atoms with Gasteiger partial charge in [0.15, 0.2) is 5.60 Å². The van der Waals surface area contributed by atoms with Gasteiger partial charge < -0.3 is 10.4 Å². The molecule has 0 aromatic heterocycles. The summed E-state index contributed by atoms with van der Waals surface area (Å²) in [6, 6.07) is 7.11. The maximum absolute atomic E-state index is 13.4. The van der Waals surface area contributed by atoms with Crippen LogP contribution in [0.2, 0.25) is 0 Å². The summed E-state index contributed by atoms with van der Waals surface area (Å²) in [6.07, 6.45) is -4.77. The van der Waals surface area contributed by atoms with Crippen molar-refractivity contribution in [2.75, 3.05) is 5.32 Å². The third-order valence-electron chi connectivity index (χ3n) is 3.89. The molecule has 1 aliphatic heterocycles. The topological polar surface area (TPSA) is 49.3 Å². The van der Waals surface area contributed by atoms with E-state index in [0.717, 1.165) is 18.2 Å². The van der Waals surface area contributed by atoms with Crippen molar-refractivity contribution in [1.82, 2.24) is 0 Å². The Labute approximate surface area is 147 Å². The van der Waals surface area contributed by atoms with Gasteiger partial charge in [-0.05, 0) is 46.4 Å². The highest BCUT2D eigenvalue weighted by atomic mass is 127. The van der Waals surface area contributed by atoms with E-state index >= 15 is 0 Å². The monoisotopic (exact) mass is 451 g/mol. The lowest BCUT2D eigenvalue weighted by atomic mass is 9.82. The first-order valence-electron chi connectivity index (χ1n) is 6.79. The van der Waals surface area contributed by atoms with Crippen LogP contribution in [0.5, 0.6) is 0 Å². The van der Waals surface area contributed by atoms with E-state index in [1.165, 1.54) is 18.2 Å². The standard InChI is InChI=1S/C16H10F4INO2/c17-7-8-5-9(21)6-12-13(8)15(24,14(23)22-12)10-3-1-2-4-11(10)16(18,19)20/h1-6,24H,7H2,(H,22,23). The predicted molar refractivity (Wildman–Crippen MR) is 87.0 cm³/mol. The van der Waals surface area contributed by atoms with Crippen LogP contribution in [0.1, 0.15) is 22.3 Å². The fraction of sp³-hybridized carbons (Fsp3) is 0.188. The van der Waals surface area contributed by atoms with Gasteiger partial charge in [0.1, 0.15) is 6.67 Å². The number of carbonyl (C=O) groups excluding carboxylic acids is 1. The van der Waals surface area contributed by atoms with Crippen LogP contribution >= 0.6 is 22.6 Å². The molecule has 24 heavy (non-hydrogen) atoms. The first kappa shape index (κ1) is 17.2. The lowest BCUT2D eigenvalue weighted by Crippen LogP contribution is -2.38. The van der Waals surface area contributed by atoms with Crippen LogP contribution in [0.25, 0.3) is 0 Å². The van der Waals surface area contributed by atoms with Crippen LogP contribution in [0.15, 0.2) is 36.4 Å². The third kappa shape index (κ3) is 2.48. The maximum atomic E-state index is 13.4. The van der Waals surface area contributed by atoms with Crippen LogP contribution in [-0.2, 0) is 23.2 Å². The van der Waals surface area contributed by atoms with Crippen molar-refractivity contribution < 1.29 is 27.5 Å². The summed E-state index contributed by atoms with van der Waals surface area (Å²) in [5.74, 6) is -1.04. The zero-order chi connectivity index (χ0) is 17.7. The second kappa shape index (κ2) is 5.69. The molecule has 1 aliphatic rings. The van der Waals surface area contributed by atoms with Crippen molar-refractivity contribution in [3.63, 3.8) is 0 Å². The average Bonchev–Trinajstić information content (AvgIpc) is 2.77. The molecule has 0 radical (unpaired) electrons. The van der Waals surface area contributed by atoms with Gasteiger partial charge in [-0.2, -0.15) is 13.2 Å². The van der Waals surface area contributed by atoms with Crippen molar-refractivity contribution in [3.05, 3.63) is 62.2 Å². The van der Waals surface area contributed by atoms with E-state index in [9.17, 15) is 27.5 Å². The zero-order valence-corrected chi connectivity index (χ0v) is 14.1. The van der Waals surface area contributed by atoms with Crippen LogP contribution in [0.4, 0.5) is 23.2 Å². The van der Waals surface area contributed by atoms with Crippen LogP contribution in [-0.4, -0.2) is 11.0 Å². The van der Waals surface area contributed by atoms with Gasteiger partial charge in [0.25, 0.3) is 5.91 Å². The normalized spacial score (nSPS) is 20.0. The van der Waals surface area contributed by atoms with Gasteiger partial charge in [0.2, 0.25) is 0 Å². The molecule has 2 aromatic carbocycles. The predicted octanol–water partition coefficient (Wildman–Crippen LogP) is 3.97. The number of hydrogen-bond donors (Lipinski definition) is 2. The third-order valence-corrected chi connectivity index (χ3v) is 4.51. The zero-order valence-electron chi connectivity index (χ0n) is 11.9. The molecule has 1 atom stereocenters. The molecule has 126 valence electrons. The Morgan fingerprint density at radius 3 is 2.50 bits per heavy atom. The number of aliphatic hydroxyl groups is 1. The quantitative estimate of drug-likeness (QED) is 0.537.